The average Bonchev–Trinajstić information content (AvgIpc) is 3.57. The first kappa shape index (κ1) is 49.3. The highest BCUT2D eigenvalue weighted by Crippen LogP contribution is 2.19. The lowest BCUT2D eigenvalue weighted by Gasteiger charge is -2.01. The Hall–Kier alpha value is -4.60. The lowest BCUT2D eigenvalue weighted by molar-refractivity contribution is -0.192. The number of rotatable bonds is 18. The first-order chi connectivity index (χ1) is 22.0. The number of esters is 4. The van der Waals surface area contributed by atoms with Crippen LogP contribution in [0.15, 0.2) is 42.9 Å². The maximum absolute atomic E-state index is 11.0. The fourth-order valence-corrected chi connectivity index (χ4v) is 2.41. The summed E-state index contributed by atoms with van der Waals surface area (Å²) in [7, 11) is 4.82. The standard InChI is InChI=1S/C10H14O5.C9H16O4.C6H11O2.C4H2O3.CO2.H2O/c1-13-5-6-14-4-2-3-8-7-9(11)15-10(8)12;1-8(9(10)11)4-3-5-13-7-6-12-2;1-3-4-8-6-5-7-2;5-3-1-2-4(6)7-3;2-1-3;/h2,4,8H,3,5-7H2,1H3;3,5,8H,4,6-7H2,1-2H3,(H,10,11);1,3H,4-6H2,2H3;1-2H;;1H2/q;;+1;;;/b4-2+;5-3+;;;;. The summed E-state index contributed by atoms with van der Waals surface area (Å²) < 4.78 is 37.6. The van der Waals surface area contributed by atoms with Crippen LogP contribution in [-0.4, -0.2) is 114 Å². The van der Waals surface area contributed by atoms with Crippen LogP contribution in [-0.2, 0) is 71.5 Å². The average molecular weight is 678 g/mol. The van der Waals surface area contributed by atoms with Gasteiger partial charge in [0.15, 0.2) is 6.08 Å². The second-order valence-electron chi connectivity index (χ2n) is 8.34. The quantitative estimate of drug-likeness (QED) is 0.0692. The van der Waals surface area contributed by atoms with Crippen molar-refractivity contribution in [3.8, 4) is 0 Å². The number of carboxylic acids is 1. The van der Waals surface area contributed by atoms with E-state index in [4.69, 9.17) is 49.7 Å². The maximum atomic E-state index is 11.0. The van der Waals surface area contributed by atoms with Crippen molar-refractivity contribution in [2.75, 3.05) is 67.6 Å². The largest absolute Gasteiger partial charge is 0.499 e. The lowest BCUT2D eigenvalue weighted by Crippen LogP contribution is -2.07. The van der Waals surface area contributed by atoms with Crippen LogP contribution >= 0.6 is 0 Å². The summed E-state index contributed by atoms with van der Waals surface area (Å²) in [6, 6.07) is 0. The number of allylic oxidation sites excluding steroid dienone is 2. The van der Waals surface area contributed by atoms with E-state index in [1.807, 2.05) is 0 Å². The van der Waals surface area contributed by atoms with Gasteiger partial charge in [0, 0.05) is 33.5 Å². The molecule has 0 saturated carbocycles. The highest BCUT2D eigenvalue weighted by atomic mass is 16.6. The third-order valence-corrected chi connectivity index (χ3v) is 4.69. The predicted molar refractivity (Wildman–Crippen MR) is 160 cm³/mol. The Balaban J connectivity index is -0.000000263. The van der Waals surface area contributed by atoms with E-state index >= 15 is 0 Å². The van der Waals surface area contributed by atoms with E-state index in [1.165, 1.54) is 18.6 Å². The SMILES string of the molecule is COCCO/C=C/CC(C)C(=O)O.COCCO/C=C/CC1CC(=O)OC1=O.O.O=C1C=CC(=O)O1.O=C=O.[CH+]=CCOCCOC. The fraction of sp³-hybridized carbons (Fsp3) is 0.533. The summed E-state index contributed by atoms with van der Waals surface area (Å²) in [6.07, 6.45) is 11.4. The molecular formula is C30H45O17+. The fourth-order valence-electron chi connectivity index (χ4n) is 2.41. The normalized spacial score (nSPS) is 14.7. The van der Waals surface area contributed by atoms with Gasteiger partial charge < -0.3 is 48.5 Å². The number of carbonyl (C=O) groups excluding carboxylic acids is 6. The van der Waals surface area contributed by atoms with Gasteiger partial charge in [0.1, 0.15) is 19.8 Å². The molecule has 0 aromatic rings. The van der Waals surface area contributed by atoms with Crippen LogP contribution in [0.4, 0.5) is 0 Å². The molecule has 1 saturated heterocycles. The van der Waals surface area contributed by atoms with Gasteiger partial charge in [-0.05, 0) is 25.0 Å². The monoisotopic (exact) mass is 677 g/mol. The molecule has 0 aliphatic carbocycles. The van der Waals surface area contributed by atoms with Gasteiger partial charge >= 0.3 is 36.0 Å². The molecule has 2 rings (SSSR count). The van der Waals surface area contributed by atoms with Crippen LogP contribution in [0.25, 0.3) is 0 Å². The minimum atomic E-state index is -0.790. The van der Waals surface area contributed by atoms with Crippen molar-refractivity contribution < 1.29 is 82.0 Å². The van der Waals surface area contributed by atoms with E-state index in [2.05, 4.69) is 9.47 Å². The lowest BCUT2D eigenvalue weighted by atomic mass is 10.0. The topological polar surface area (TPSA) is 245 Å². The molecule has 0 amide bonds. The Kier molecular flexibility index (Phi) is 39.4. The molecule has 17 heteroatoms. The number of cyclic esters (lactones) is 4. The highest BCUT2D eigenvalue weighted by molar-refractivity contribution is 6.04. The van der Waals surface area contributed by atoms with Gasteiger partial charge in [-0.2, -0.15) is 9.59 Å². The molecule has 0 spiro atoms. The minimum absolute atomic E-state index is 0. The summed E-state index contributed by atoms with van der Waals surface area (Å²) in [5.74, 6) is -3.54. The predicted octanol–water partition coefficient (Wildman–Crippen LogP) is 0.773. The number of hydrogen-bond donors (Lipinski definition) is 1. The van der Waals surface area contributed by atoms with Gasteiger partial charge in [-0.15, -0.1) is 0 Å². The second kappa shape index (κ2) is 37.6. The Labute approximate surface area is 273 Å². The molecule has 2 unspecified atom stereocenters. The minimum Gasteiger partial charge on any atom is -0.499 e. The van der Waals surface area contributed by atoms with E-state index in [9.17, 15) is 24.0 Å². The molecule has 47 heavy (non-hydrogen) atoms. The zero-order chi connectivity index (χ0) is 35.4. The summed E-state index contributed by atoms with van der Waals surface area (Å²) >= 11 is 0. The van der Waals surface area contributed by atoms with Gasteiger partial charge in [0.25, 0.3) is 0 Å². The van der Waals surface area contributed by atoms with E-state index in [0.717, 1.165) is 12.2 Å². The molecule has 3 N–H and O–H groups in total. The van der Waals surface area contributed by atoms with Crippen molar-refractivity contribution in [2.24, 2.45) is 11.8 Å². The van der Waals surface area contributed by atoms with Gasteiger partial charge in [0.2, 0.25) is 6.58 Å². The van der Waals surface area contributed by atoms with E-state index in [0.29, 0.717) is 59.1 Å². The van der Waals surface area contributed by atoms with Crippen LogP contribution < -0.4 is 0 Å². The Morgan fingerprint density at radius 1 is 0.915 bits per heavy atom. The molecule has 266 valence electrons. The molecule has 2 aliphatic rings. The van der Waals surface area contributed by atoms with Crippen LogP contribution in [0.3, 0.4) is 0 Å². The second-order valence-corrected chi connectivity index (χ2v) is 8.34. The zero-order valence-electron chi connectivity index (χ0n) is 26.9. The third-order valence-electron chi connectivity index (χ3n) is 4.69. The zero-order valence-corrected chi connectivity index (χ0v) is 26.9. The van der Waals surface area contributed by atoms with Crippen molar-refractivity contribution in [3.63, 3.8) is 0 Å². The number of aliphatic carboxylic acids is 1. The molecule has 2 aliphatic heterocycles. The Morgan fingerprint density at radius 3 is 1.79 bits per heavy atom. The van der Waals surface area contributed by atoms with Crippen molar-refractivity contribution in [2.45, 2.75) is 26.2 Å². The summed E-state index contributed by atoms with van der Waals surface area (Å²) in [4.78, 5) is 68.2. The summed E-state index contributed by atoms with van der Waals surface area (Å²) in [5.41, 5.74) is 0. The molecule has 2 heterocycles. The summed E-state index contributed by atoms with van der Waals surface area (Å²) in [6.45, 7) is 10.5. The Bertz CT molecular complexity index is 965. The van der Waals surface area contributed by atoms with E-state index in [-0.39, 0.29) is 29.9 Å². The van der Waals surface area contributed by atoms with Crippen LogP contribution in [0, 0.1) is 18.4 Å². The van der Waals surface area contributed by atoms with Crippen molar-refractivity contribution in [1.82, 2.24) is 0 Å². The first-order valence-electron chi connectivity index (χ1n) is 13.6. The van der Waals surface area contributed by atoms with Gasteiger partial charge in [0.05, 0.1) is 57.2 Å². The molecule has 0 bridgehead atoms. The van der Waals surface area contributed by atoms with Crippen LogP contribution in [0.2, 0.25) is 0 Å². The highest BCUT2D eigenvalue weighted by Gasteiger charge is 2.32. The van der Waals surface area contributed by atoms with Gasteiger partial charge in [-0.1, -0.05) is 6.92 Å². The number of carbonyl (C=O) groups is 5. The molecule has 0 aromatic heterocycles. The molecule has 0 radical (unpaired) electrons. The summed E-state index contributed by atoms with van der Waals surface area (Å²) in [5, 5.41) is 8.53. The number of hydrogen-bond acceptors (Lipinski definition) is 15. The maximum Gasteiger partial charge on any atom is 0.373 e. The number of carboxylic acid groups (broad SMARTS) is 1. The van der Waals surface area contributed by atoms with Gasteiger partial charge in [-0.3, -0.25) is 14.4 Å². The third kappa shape index (κ3) is 37.5. The molecule has 17 nitrogen and oxygen atoms in total. The van der Waals surface area contributed by atoms with Crippen molar-refractivity contribution in [1.29, 1.82) is 0 Å². The first-order valence-corrected chi connectivity index (χ1v) is 13.6. The van der Waals surface area contributed by atoms with Gasteiger partial charge in [-0.25, -0.2) is 9.59 Å². The van der Waals surface area contributed by atoms with Crippen LogP contribution in [0.5, 0.6) is 0 Å². The number of ether oxygens (including phenoxy) is 8. The molecular weight excluding hydrogens is 632 g/mol. The molecule has 2 atom stereocenters. The van der Waals surface area contributed by atoms with Crippen molar-refractivity contribution in [3.05, 3.63) is 49.5 Å². The van der Waals surface area contributed by atoms with E-state index in [1.54, 1.807) is 40.4 Å². The van der Waals surface area contributed by atoms with Crippen molar-refractivity contribution >= 4 is 36.0 Å². The molecule has 0 aromatic carbocycles. The smallest absolute Gasteiger partial charge is 0.373 e. The van der Waals surface area contributed by atoms with E-state index < -0.39 is 29.8 Å². The number of methoxy groups -OCH3 is 3. The van der Waals surface area contributed by atoms with Crippen LogP contribution in [0.1, 0.15) is 26.2 Å². The molecule has 1 fully saturated rings. The Morgan fingerprint density at radius 2 is 1.40 bits per heavy atom.